The Morgan fingerprint density at radius 2 is 1.90 bits per heavy atom. The van der Waals surface area contributed by atoms with Crippen LogP contribution in [-0.4, -0.2) is 68.0 Å². The quantitative estimate of drug-likeness (QED) is 0.755. The number of hydrogen-bond acceptors (Lipinski definition) is 4. The average Bonchev–Trinajstić information content (AvgIpc) is 2.54. The van der Waals surface area contributed by atoms with Crippen molar-refractivity contribution < 1.29 is 14.3 Å². The zero-order valence-corrected chi connectivity index (χ0v) is 14.1. The van der Waals surface area contributed by atoms with Crippen molar-refractivity contribution in [3.63, 3.8) is 0 Å². The van der Waals surface area contributed by atoms with Gasteiger partial charge >= 0.3 is 0 Å². The first-order valence-electron chi connectivity index (χ1n) is 6.99. The van der Waals surface area contributed by atoms with Gasteiger partial charge in [0.05, 0.1) is 19.8 Å². The van der Waals surface area contributed by atoms with E-state index in [9.17, 15) is 4.79 Å². The number of halogens is 1. The molecule has 0 radical (unpaired) electrons. The molecule has 0 spiro atoms. The molecule has 2 rings (SSSR count). The minimum atomic E-state index is 0.00393. The van der Waals surface area contributed by atoms with Gasteiger partial charge in [-0.05, 0) is 18.2 Å². The van der Waals surface area contributed by atoms with Gasteiger partial charge in [0.15, 0.2) is 0 Å². The normalized spacial score (nSPS) is 15.9. The molecule has 0 unspecified atom stereocenters. The first-order valence-corrected chi connectivity index (χ1v) is 8.11. The van der Waals surface area contributed by atoms with E-state index in [-0.39, 0.29) is 5.91 Å². The summed E-state index contributed by atoms with van der Waals surface area (Å²) in [4.78, 5) is 16.9. The molecule has 1 saturated heterocycles. The molecule has 6 heteroatoms. The van der Waals surface area contributed by atoms with Gasteiger partial charge < -0.3 is 14.4 Å². The summed E-state index contributed by atoms with van der Waals surface area (Å²) in [6.07, 6.45) is 0. The third kappa shape index (κ3) is 3.89. The summed E-state index contributed by atoms with van der Waals surface area (Å²) in [7, 11) is 3.17. The van der Waals surface area contributed by atoms with Crippen molar-refractivity contribution >= 4 is 21.8 Å². The Balaban J connectivity index is 2.10. The maximum absolute atomic E-state index is 12.7. The fraction of sp³-hybridized carbons (Fsp3) is 0.533. The van der Waals surface area contributed by atoms with Gasteiger partial charge in [0.1, 0.15) is 11.5 Å². The number of carbonyl (C=O) groups excluding carboxylic acids is 1. The maximum atomic E-state index is 12.7. The van der Waals surface area contributed by atoms with Crippen LogP contribution in [0.25, 0.3) is 0 Å². The van der Waals surface area contributed by atoms with Crippen LogP contribution in [0.1, 0.15) is 10.4 Å². The van der Waals surface area contributed by atoms with Crippen molar-refractivity contribution in [1.82, 2.24) is 9.80 Å². The van der Waals surface area contributed by atoms with E-state index in [0.29, 0.717) is 17.1 Å². The molecule has 1 fully saturated rings. The second kappa shape index (κ2) is 7.66. The van der Waals surface area contributed by atoms with Gasteiger partial charge in [-0.15, -0.1) is 0 Å². The standard InChI is InChI=1S/C15H21BrN2O3/c1-20-12-3-4-14(21-2)13(11-12)15(19)18-9-7-17(6-5-16)8-10-18/h3-4,11H,5-10H2,1-2H3. The lowest BCUT2D eigenvalue weighted by Gasteiger charge is -2.34. The largest absolute Gasteiger partial charge is 0.497 e. The summed E-state index contributed by atoms with van der Waals surface area (Å²) in [5.41, 5.74) is 0.561. The average molecular weight is 357 g/mol. The summed E-state index contributed by atoms with van der Waals surface area (Å²) in [6, 6.07) is 5.31. The predicted octanol–water partition coefficient (Wildman–Crippen LogP) is 1.86. The van der Waals surface area contributed by atoms with E-state index in [4.69, 9.17) is 9.47 Å². The molecule has 0 bridgehead atoms. The maximum Gasteiger partial charge on any atom is 0.257 e. The van der Waals surface area contributed by atoms with Crippen LogP contribution in [0.3, 0.4) is 0 Å². The van der Waals surface area contributed by atoms with Crippen molar-refractivity contribution in [2.24, 2.45) is 0 Å². The van der Waals surface area contributed by atoms with Gasteiger partial charge in [-0.25, -0.2) is 0 Å². The van der Waals surface area contributed by atoms with Crippen LogP contribution in [0.5, 0.6) is 11.5 Å². The highest BCUT2D eigenvalue weighted by molar-refractivity contribution is 9.09. The molecule has 0 aromatic heterocycles. The van der Waals surface area contributed by atoms with Crippen molar-refractivity contribution in [3.05, 3.63) is 23.8 Å². The Labute approximate surface area is 133 Å². The molecule has 5 nitrogen and oxygen atoms in total. The Morgan fingerprint density at radius 1 is 1.19 bits per heavy atom. The van der Waals surface area contributed by atoms with Gasteiger partial charge in [0.2, 0.25) is 0 Å². The molecular formula is C15H21BrN2O3. The Kier molecular flexibility index (Phi) is 5.87. The fourth-order valence-corrected chi connectivity index (χ4v) is 2.95. The van der Waals surface area contributed by atoms with E-state index in [1.807, 2.05) is 4.90 Å². The fourth-order valence-electron chi connectivity index (χ4n) is 2.45. The van der Waals surface area contributed by atoms with Crippen LogP contribution in [-0.2, 0) is 0 Å². The lowest BCUT2D eigenvalue weighted by atomic mass is 10.1. The van der Waals surface area contributed by atoms with Gasteiger partial charge in [-0.3, -0.25) is 9.69 Å². The number of piperazine rings is 1. The van der Waals surface area contributed by atoms with E-state index in [0.717, 1.165) is 38.1 Å². The van der Waals surface area contributed by atoms with Crippen LogP contribution in [0.2, 0.25) is 0 Å². The molecule has 1 heterocycles. The summed E-state index contributed by atoms with van der Waals surface area (Å²) in [5.74, 6) is 1.25. The molecular weight excluding hydrogens is 336 g/mol. The van der Waals surface area contributed by atoms with Crippen LogP contribution >= 0.6 is 15.9 Å². The first-order chi connectivity index (χ1) is 10.2. The molecule has 116 valence electrons. The Bertz CT molecular complexity index is 488. The minimum Gasteiger partial charge on any atom is -0.497 e. The Hall–Kier alpha value is -1.27. The third-order valence-corrected chi connectivity index (χ3v) is 4.05. The number of alkyl halides is 1. The molecule has 1 aromatic rings. The van der Waals surface area contributed by atoms with Crippen molar-refractivity contribution in [2.45, 2.75) is 0 Å². The number of ether oxygens (including phenoxy) is 2. The summed E-state index contributed by atoms with van der Waals surface area (Å²) >= 11 is 3.45. The monoisotopic (exact) mass is 356 g/mol. The number of hydrogen-bond donors (Lipinski definition) is 0. The van der Waals surface area contributed by atoms with Crippen molar-refractivity contribution in [1.29, 1.82) is 0 Å². The number of benzene rings is 1. The molecule has 0 aliphatic carbocycles. The predicted molar refractivity (Wildman–Crippen MR) is 85.7 cm³/mol. The second-order valence-corrected chi connectivity index (χ2v) is 5.68. The molecule has 0 N–H and O–H groups in total. The van der Waals surface area contributed by atoms with Crippen LogP contribution in [0.15, 0.2) is 18.2 Å². The SMILES string of the molecule is COc1ccc(OC)c(C(=O)N2CCN(CCBr)CC2)c1. The van der Waals surface area contributed by atoms with E-state index >= 15 is 0 Å². The van der Waals surface area contributed by atoms with Crippen LogP contribution in [0.4, 0.5) is 0 Å². The number of rotatable bonds is 5. The zero-order chi connectivity index (χ0) is 15.2. The number of methoxy groups -OCH3 is 2. The number of amides is 1. The number of carbonyl (C=O) groups is 1. The topological polar surface area (TPSA) is 42.0 Å². The second-order valence-electron chi connectivity index (χ2n) is 4.89. The first kappa shape index (κ1) is 16.1. The number of nitrogens with zero attached hydrogens (tertiary/aromatic N) is 2. The van der Waals surface area contributed by atoms with Crippen molar-refractivity contribution in [3.8, 4) is 11.5 Å². The van der Waals surface area contributed by atoms with Gasteiger partial charge in [0.25, 0.3) is 5.91 Å². The highest BCUT2D eigenvalue weighted by Crippen LogP contribution is 2.25. The lowest BCUT2D eigenvalue weighted by Crippen LogP contribution is -2.49. The Morgan fingerprint density at radius 3 is 2.48 bits per heavy atom. The highest BCUT2D eigenvalue weighted by Gasteiger charge is 2.24. The minimum absolute atomic E-state index is 0.00393. The van der Waals surface area contributed by atoms with E-state index in [1.165, 1.54) is 0 Å². The molecule has 1 aromatic carbocycles. The summed E-state index contributed by atoms with van der Waals surface area (Å²) in [5, 5.41) is 0.963. The molecule has 1 amide bonds. The van der Waals surface area contributed by atoms with Crippen LogP contribution < -0.4 is 9.47 Å². The van der Waals surface area contributed by atoms with E-state index in [2.05, 4.69) is 20.8 Å². The third-order valence-electron chi connectivity index (χ3n) is 3.70. The smallest absolute Gasteiger partial charge is 0.257 e. The van der Waals surface area contributed by atoms with Gasteiger partial charge in [-0.1, -0.05) is 15.9 Å². The van der Waals surface area contributed by atoms with E-state index < -0.39 is 0 Å². The highest BCUT2D eigenvalue weighted by atomic mass is 79.9. The zero-order valence-electron chi connectivity index (χ0n) is 12.5. The molecule has 0 atom stereocenters. The van der Waals surface area contributed by atoms with E-state index in [1.54, 1.807) is 32.4 Å². The summed E-state index contributed by atoms with van der Waals surface area (Å²) in [6.45, 7) is 4.32. The lowest BCUT2D eigenvalue weighted by molar-refractivity contribution is 0.0641. The summed E-state index contributed by atoms with van der Waals surface area (Å²) < 4.78 is 10.5. The molecule has 1 aliphatic rings. The van der Waals surface area contributed by atoms with Gasteiger partial charge in [0, 0.05) is 38.1 Å². The van der Waals surface area contributed by atoms with Crippen LogP contribution in [0, 0.1) is 0 Å². The molecule has 21 heavy (non-hydrogen) atoms. The molecule has 0 saturated carbocycles. The van der Waals surface area contributed by atoms with Gasteiger partial charge in [-0.2, -0.15) is 0 Å². The molecule has 1 aliphatic heterocycles. The van der Waals surface area contributed by atoms with Crippen molar-refractivity contribution in [2.75, 3.05) is 52.3 Å².